The van der Waals surface area contributed by atoms with Gasteiger partial charge in [0.15, 0.2) is 5.16 Å². The van der Waals surface area contributed by atoms with Crippen LogP contribution in [0.5, 0.6) is 0 Å². The number of nitrogens with one attached hydrogen (secondary N) is 1. The molecule has 1 fully saturated rings. The summed E-state index contributed by atoms with van der Waals surface area (Å²) in [5, 5.41) is 11.3. The number of amides is 1. The average Bonchev–Trinajstić information content (AvgIpc) is 3.04. The number of allylic oxidation sites excluding steroid dienone is 1. The fourth-order valence-electron chi connectivity index (χ4n) is 1.33. The maximum Gasteiger partial charge on any atom is 0.230 e. The van der Waals surface area contributed by atoms with Gasteiger partial charge in [-0.25, -0.2) is 0 Å². The second-order valence-electron chi connectivity index (χ2n) is 3.87. The second kappa shape index (κ2) is 5.22. The molecule has 17 heavy (non-hydrogen) atoms. The zero-order valence-corrected chi connectivity index (χ0v) is 10.2. The molecule has 0 aromatic carbocycles. The van der Waals surface area contributed by atoms with Crippen molar-refractivity contribution in [2.45, 2.75) is 30.6 Å². The molecule has 3 N–H and O–H groups in total. The maximum absolute atomic E-state index is 11.5. The number of hydrogen-bond acceptors (Lipinski definition) is 5. The van der Waals surface area contributed by atoms with Gasteiger partial charge in [0, 0.05) is 12.6 Å². The van der Waals surface area contributed by atoms with Crippen molar-refractivity contribution in [3.63, 3.8) is 0 Å². The van der Waals surface area contributed by atoms with E-state index in [0.29, 0.717) is 29.4 Å². The zero-order valence-electron chi connectivity index (χ0n) is 9.43. The van der Waals surface area contributed by atoms with E-state index in [2.05, 4.69) is 22.1 Å². The van der Waals surface area contributed by atoms with Crippen LogP contribution in [0, 0.1) is 0 Å². The van der Waals surface area contributed by atoms with Gasteiger partial charge < -0.3 is 11.1 Å². The number of carbonyl (C=O) groups excluding carboxylic acids is 1. The fraction of sp³-hybridized carbons (Fsp3) is 0.500. The standard InChI is InChI=1S/C10H15N5OS/c1-2-5-15-9(11)13-14-10(15)17-6-8(16)12-7-3-4-7/h2,7H,1,3-6H2,(H2,11,13)(H,12,16). The van der Waals surface area contributed by atoms with Crippen LogP contribution < -0.4 is 11.1 Å². The molecule has 0 saturated heterocycles. The van der Waals surface area contributed by atoms with Crippen molar-refractivity contribution in [1.29, 1.82) is 0 Å². The molecule has 1 aromatic heterocycles. The minimum absolute atomic E-state index is 0.0317. The van der Waals surface area contributed by atoms with Gasteiger partial charge in [0.2, 0.25) is 11.9 Å². The molecule has 6 nitrogen and oxygen atoms in total. The van der Waals surface area contributed by atoms with Crippen LogP contribution in [-0.4, -0.2) is 32.5 Å². The number of thioether (sulfide) groups is 1. The minimum atomic E-state index is 0.0317. The van der Waals surface area contributed by atoms with E-state index in [-0.39, 0.29) is 5.91 Å². The summed E-state index contributed by atoms with van der Waals surface area (Å²) < 4.78 is 1.72. The van der Waals surface area contributed by atoms with Gasteiger partial charge in [0.05, 0.1) is 5.75 Å². The third-order valence-corrected chi connectivity index (χ3v) is 3.30. The van der Waals surface area contributed by atoms with Crippen LogP contribution in [0.25, 0.3) is 0 Å². The Labute approximate surface area is 104 Å². The molecule has 1 aromatic rings. The number of carbonyl (C=O) groups is 1. The van der Waals surface area contributed by atoms with E-state index in [9.17, 15) is 4.79 Å². The number of nitrogens with zero attached hydrogens (tertiary/aromatic N) is 3. The normalized spacial score (nSPS) is 14.6. The number of rotatable bonds is 6. The molecule has 2 rings (SSSR count). The van der Waals surface area contributed by atoms with Gasteiger partial charge in [0.25, 0.3) is 0 Å². The number of anilines is 1. The van der Waals surface area contributed by atoms with Crippen LogP contribution in [0.3, 0.4) is 0 Å². The Bertz CT molecular complexity index is 426. The Hall–Kier alpha value is -1.50. The first-order valence-corrected chi connectivity index (χ1v) is 6.41. The Morgan fingerprint density at radius 1 is 1.65 bits per heavy atom. The molecular weight excluding hydrogens is 238 g/mol. The van der Waals surface area contributed by atoms with Crippen LogP contribution in [-0.2, 0) is 11.3 Å². The molecule has 0 bridgehead atoms. The summed E-state index contributed by atoms with van der Waals surface area (Å²) in [7, 11) is 0. The van der Waals surface area contributed by atoms with E-state index in [4.69, 9.17) is 5.73 Å². The Morgan fingerprint density at radius 3 is 3.06 bits per heavy atom. The lowest BCUT2D eigenvalue weighted by Gasteiger charge is -2.05. The van der Waals surface area contributed by atoms with Gasteiger partial charge in [0.1, 0.15) is 0 Å². The van der Waals surface area contributed by atoms with Crippen LogP contribution in [0.2, 0.25) is 0 Å². The first kappa shape index (κ1) is 12.0. The van der Waals surface area contributed by atoms with Gasteiger partial charge in [-0.05, 0) is 12.8 Å². The number of nitrogens with two attached hydrogens (primary N) is 1. The molecule has 1 amide bonds. The van der Waals surface area contributed by atoms with E-state index in [1.54, 1.807) is 10.6 Å². The second-order valence-corrected chi connectivity index (χ2v) is 4.81. The first-order valence-electron chi connectivity index (χ1n) is 5.42. The SMILES string of the molecule is C=CCn1c(N)nnc1SCC(=O)NC1CC1. The van der Waals surface area contributed by atoms with Gasteiger partial charge in [-0.3, -0.25) is 9.36 Å². The quantitative estimate of drug-likeness (QED) is 0.567. The number of hydrogen-bond donors (Lipinski definition) is 2. The van der Waals surface area contributed by atoms with E-state index in [1.807, 2.05) is 0 Å². The Morgan fingerprint density at radius 2 is 2.41 bits per heavy atom. The molecule has 7 heteroatoms. The lowest BCUT2D eigenvalue weighted by molar-refractivity contribution is -0.118. The largest absolute Gasteiger partial charge is 0.368 e. The van der Waals surface area contributed by atoms with Crippen LogP contribution in [0.1, 0.15) is 12.8 Å². The van der Waals surface area contributed by atoms with Crippen molar-refractivity contribution in [3.05, 3.63) is 12.7 Å². The Balaban J connectivity index is 1.88. The molecule has 0 radical (unpaired) electrons. The first-order chi connectivity index (χ1) is 8.20. The molecule has 1 aliphatic rings. The smallest absolute Gasteiger partial charge is 0.230 e. The number of nitrogen functional groups attached to an aromatic ring is 1. The third-order valence-electron chi connectivity index (χ3n) is 2.33. The van der Waals surface area contributed by atoms with Crippen molar-refractivity contribution < 1.29 is 4.79 Å². The number of aromatic nitrogens is 3. The third kappa shape index (κ3) is 3.23. The minimum Gasteiger partial charge on any atom is -0.368 e. The summed E-state index contributed by atoms with van der Waals surface area (Å²) in [6.45, 7) is 4.19. The van der Waals surface area contributed by atoms with Crippen molar-refractivity contribution in [1.82, 2.24) is 20.1 Å². The van der Waals surface area contributed by atoms with E-state index < -0.39 is 0 Å². The molecule has 1 aliphatic carbocycles. The van der Waals surface area contributed by atoms with Gasteiger partial charge >= 0.3 is 0 Å². The maximum atomic E-state index is 11.5. The Kier molecular flexibility index (Phi) is 3.68. The van der Waals surface area contributed by atoms with Crippen molar-refractivity contribution in [2.75, 3.05) is 11.5 Å². The van der Waals surface area contributed by atoms with Gasteiger partial charge in [-0.15, -0.1) is 16.8 Å². The molecule has 1 heterocycles. The van der Waals surface area contributed by atoms with E-state index in [0.717, 1.165) is 12.8 Å². The van der Waals surface area contributed by atoms with E-state index >= 15 is 0 Å². The molecule has 0 unspecified atom stereocenters. The predicted molar refractivity (Wildman–Crippen MR) is 66.5 cm³/mol. The highest BCUT2D eigenvalue weighted by molar-refractivity contribution is 7.99. The summed E-state index contributed by atoms with van der Waals surface area (Å²) in [6, 6.07) is 0.388. The van der Waals surface area contributed by atoms with Crippen molar-refractivity contribution in [3.8, 4) is 0 Å². The highest BCUT2D eigenvalue weighted by atomic mass is 32.2. The van der Waals surface area contributed by atoms with Crippen molar-refractivity contribution in [2.24, 2.45) is 0 Å². The lowest BCUT2D eigenvalue weighted by atomic mass is 10.6. The van der Waals surface area contributed by atoms with Crippen molar-refractivity contribution >= 4 is 23.6 Å². The molecule has 0 atom stereocenters. The summed E-state index contributed by atoms with van der Waals surface area (Å²) in [5.41, 5.74) is 5.65. The molecule has 92 valence electrons. The highest BCUT2D eigenvalue weighted by Crippen LogP contribution is 2.21. The van der Waals surface area contributed by atoms with Crippen LogP contribution >= 0.6 is 11.8 Å². The lowest BCUT2D eigenvalue weighted by Crippen LogP contribution is -2.27. The molecule has 1 saturated carbocycles. The van der Waals surface area contributed by atoms with Crippen LogP contribution in [0.4, 0.5) is 5.95 Å². The highest BCUT2D eigenvalue weighted by Gasteiger charge is 2.23. The monoisotopic (exact) mass is 253 g/mol. The summed E-state index contributed by atoms with van der Waals surface area (Å²) >= 11 is 1.34. The zero-order chi connectivity index (χ0) is 12.3. The molecule has 0 spiro atoms. The summed E-state index contributed by atoms with van der Waals surface area (Å²) in [5.74, 6) is 0.713. The summed E-state index contributed by atoms with van der Waals surface area (Å²) in [4.78, 5) is 11.5. The van der Waals surface area contributed by atoms with Gasteiger partial charge in [-0.1, -0.05) is 17.8 Å². The van der Waals surface area contributed by atoms with Gasteiger partial charge in [-0.2, -0.15) is 0 Å². The average molecular weight is 253 g/mol. The fourth-order valence-corrected chi connectivity index (χ4v) is 2.10. The molecular formula is C10H15N5OS. The van der Waals surface area contributed by atoms with E-state index in [1.165, 1.54) is 11.8 Å². The van der Waals surface area contributed by atoms with Crippen LogP contribution in [0.15, 0.2) is 17.8 Å². The summed E-state index contributed by atoms with van der Waals surface area (Å²) in [6.07, 6.45) is 3.90. The predicted octanol–water partition coefficient (Wildman–Crippen LogP) is 0.417. The molecule has 0 aliphatic heterocycles. The topological polar surface area (TPSA) is 85.8 Å².